The average Bonchev–Trinajstić information content (AvgIpc) is 3.24. The molecule has 1 aliphatic carbocycles. The Balaban J connectivity index is 1.42. The van der Waals surface area contributed by atoms with Crippen LogP contribution in [-0.2, 0) is 6.54 Å². The van der Waals surface area contributed by atoms with Crippen LogP contribution in [0, 0.1) is 5.92 Å². The van der Waals surface area contributed by atoms with E-state index in [1.807, 2.05) is 24.3 Å². The predicted molar refractivity (Wildman–Crippen MR) is 121 cm³/mol. The molecule has 1 aliphatic rings. The summed E-state index contributed by atoms with van der Waals surface area (Å²) in [5.74, 6) is 2.20. The number of benzene rings is 2. The molecule has 1 N–H and O–H groups in total. The Bertz CT molecular complexity index is 945. The molecule has 0 spiro atoms. The van der Waals surface area contributed by atoms with Gasteiger partial charge in [-0.3, -0.25) is 0 Å². The van der Waals surface area contributed by atoms with E-state index >= 15 is 0 Å². The number of nitrogens with zero attached hydrogens (tertiary/aromatic N) is 2. The van der Waals surface area contributed by atoms with Gasteiger partial charge >= 0.3 is 0 Å². The van der Waals surface area contributed by atoms with Crippen molar-refractivity contribution in [2.45, 2.75) is 64.5 Å². The Hall–Kier alpha value is -2.17. The Kier molecular flexibility index (Phi) is 6.86. The van der Waals surface area contributed by atoms with Gasteiger partial charge in [0.2, 0.25) is 11.8 Å². The zero-order valence-electron chi connectivity index (χ0n) is 17.8. The van der Waals surface area contributed by atoms with Crippen molar-refractivity contribution in [3.8, 4) is 11.5 Å². The molecule has 1 aromatic heterocycles. The van der Waals surface area contributed by atoms with Crippen LogP contribution in [0.3, 0.4) is 0 Å². The van der Waals surface area contributed by atoms with Gasteiger partial charge in [-0.2, -0.15) is 0 Å². The van der Waals surface area contributed by atoms with Gasteiger partial charge in [-0.05, 0) is 47.9 Å². The fourth-order valence-electron chi connectivity index (χ4n) is 4.42. The van der Waals surface area contributed by atoms with Crippen molar-refractivity contribution in [2.24, 2.45) is 5.92 Å². The molecule has 0 bridgehead atoms. The number of aromatic nitrogens is 2. The monoisotopic (exact) mass is 423 g/mol. The van der Waals surface area contributed by atoms with Gasteiger partial charge in [0.15, 0.2) is 0 Å². The summed E-state index contributed by atoms with van der Waals surface area (Å²) in [4.78, 5) is 0. The van der Waals surface area contributed by atoms with Crippen molar-refractivity contribution in [1.82, 2.24) is 15.5 Å². The highest BCUT2D eigenvalue weighted by Gasteiger charge is 2.19. The van der Waals surface area contributed by atoms with Crippen molar-refractivity contribution in [1.29, 1.82) is 0 Å². The summed E-state index contributed by atoms with van der Waals surface area (Å²) in [7, 11) is 0. The summed E-state index contributed by atoms with van der Waals surface area (Å²) in [5, 5.41) is 12.6. The number of hydrogen-bond donors (Lipinski definition) is 1. The summed E-state index contributed by atoms with van der Waals surface area (Å²) < 4.78 is 5.85. The van der Waals surface area contributed by atoms with Gasteiger partial charge in [0.25, 0.3) is 0 Å². The van der Waals surface area contributed by atoms with Crippen LogP contribution in [0.4, 0.5) is 0 Å². The SMILES string of the molecule is CC(C)C(NCc1nnc(-c2ccccc2Cl)o1)c1ccc(C2CCCCC2)cc1. The average molecular weight is 424 g/mol. The second-order valence-electron chi connectivity index (χ2n) is 8.58. The number of rotatable bonds is 7. The minimum absolute atomic E-state index is 0.223. The van der Waals surface area contributed by atoms with Crippen molar-refractivity contribution in [3.63, 3.8) is 0 Å². The van der Waals surface area contributed by atoms with Gasteiger partial charge in [0.05, 0.1) is 17.1 Å². The molecule has 1 saturated carbocycles. The summed E-state index contributed by atoms with van der Waals surface area (Å²) in [6.45, 7) is 4.98. The summed E-state index contributed by atoms with van der Waals surface area (Å²) in [6.07, 6.45) is 6.78. The van der Waals surface area contributed by atoms with E-state index in [9.17, 15) is 0 Å². The minimum Gasteiger partial charge on any atom is -0.419 e. The third-order valence-corrected chi connectivity index (χ3v) is 6.41. The molecule has 2 aromatic carbocycles. The fraction of sp³-hybridized carbons (Fsp3) is 0.440. The molecule has 1 unspecified atom stereocenters. The largest absolute Gasteiger partial charge is 0.419 e. The standard InChI is InChI=1S/C25H30ClN3O/c1-17(2)24(20-14-12-19(13-15-20)18-8-4-3-5-9-18)27-16-23-28-29-25(30-23)21-10-6-7-11-22(21)26/h6-7,10-15,17-18,24,27H,3-5,8-9,16H2,1-2H3. The molecule has 1 fully saturated rings. The molecule has 0 aliphatic heterocycles. The Morgan fingerprint density at radius 3 is 2.43 bits per heavy atom. The Morgan fingerprint density at radius 2 is 1.73 bits per heavy atom. The molecule has 0 saturated heterocycles. The molecule has 4 nitrogen and oxygen atoms in total. The summed E-state index contributed by atoms with van der Waals surface area (Å²) in [5.41, 5.74) is 3.55. The second kappa shape index (κ2) is 9.76. The molecule has 0 amide bonds. The van der Waals surface area contributed by atoms with E-state index < -0.39 is 0 Å². The van der Waals surface area contributed by atoms with Crippen LogP contribution in [0.5, 0.6) is 0 Å². The number of halogens is 1. The summed E-state index contributed by atoms with van der Waals surface area (Å²) >= 11 is 6.24. The van der Waals surface area contributed by atoms with E-state index in [1.165, 1.54) is 43.2 Å². The first-order valence-electron chi connectivity index (χ1n) is 11.0. The third-order valence-electron chi connectivity index (χ3n) is 6.08. The predicted octanol–water partition coefficient (Wildman–Crippen LogP) is 6.92. The maximum Gasteiger partial charge on any atom is 0.249 e. The molecule has 4 rings (SSSR count). The van der Waals surface area contributed by atoms with Crippen molar-refractivity contribution in [2.75, 3.05) is 0 Å². The fourth-order valence-corrected chi connectivity index (χ4v) is 4.63. The lowest BCUT2D eigenvalue weighted by Gasteiger charge is -2.25. The molecular formula is C25H30ClN3O. The number of nitrogens with one attached hydrogen (secondary N) is 1. The Morgan fingerprint density at radius 1 is 1.00 bits per heavy atom. The lowest BCUT2D eigenvalue weighted by Crippen LogP contribution is -2.25. The van der Waals surface area contributed by atoms with Crippen molar-refractivity contribution < 1.29 is 4.42 Å². The first-order valence-corrected chi connectivity index (χ1v) is 11.4. The van der Waals surface area contributed by atoms with Crippen LogP contribution in [-0.4, -0.2) is 10.2 Å². The van der Waals surface area contributed by atoms with Crippen LogP contribution in [0.25, 0.3) is 11.5 Å². The summed E-state index contributed by atoms with van der Waals surface area (Å²) in [6, 6.07) is 16.9. The minimum atomic E-state index is 0.223. The lowest BCUT2D eigenvalue weighted by molar-refractivity contribution is 0.380. The van der Waals surface area contributed by atoms with Gasteiger partial charge in [-0.25, -0.2) is 0 Å². The van der Waals surface area contributed by atoms with E-state index in [-0.39, 0.29) is 6.04 Å². The zero-order valence-corrected chi connectivity index (χ0v) is 18.5. The van der Waals surface area contributed by atoms with Gasteiger partial charge in [-0.1, -0.05) is 81.1 Å². The molecule has 3 aromatic rings. The zero-order chi connectivity index (χ0) is 20.9. The van der Waals surface area contributed by atoms with Gasteiger partial charge in [0.1, 0.15) is 0 Å². The smallest absolute Gasteiger partial charge is 0.249 e. The van der Waals surface area contributed by atoms with Crippen LogP contribution >= 0.6 is 11.6 Å². The van der Waals surface area contributed by atoms with E-state index in [4.69, 9.17) is 16.0 Å². The molecule has 0 radical (unpaired) electrons. The highest BCUT2D eigenvalue weighted by Crippen LogP contribution is 2.33. The van der Waals surface area contributed by atoms with Crippen LogP contribution in [0.2, 0.25) is 5.02 Å². The molecule has 30 heavy (non-hydrogen) atoms. The van der Waals surface area contributed by atoms with Crippen molar-refractivity contribution in [3.05, 3.63) is 70.6 Å². The highest BCUT2D eigenvalue weighted by atomic mass is 35.5. The quantitative estimate of drug-likeness (QED) is 0.447. The molecular weight excluding hydrogens is 394 g/mol. The third kappa shape index (κ3) is 4.93. The van der Waals surface area contributed by atoms with Gasteiger partial charge in [-0.15, -0.1) is 10.2 Å². The first-order chi connectivity index (χ1) is 14.6. The van der Waals surface area contributed by atoms with Crippen LogP contribution < -0.4 is 5.32 Å². The molecule has 158 valence electrons. The van der Waals surface area contributed by atoms with Crippen molar-refractivity contribution >= 4 is 11.6 Å². The van der Waals surface area contributed by atoms with Crippen LogP contribution in [0.15, 0.2) is 52.9 Å². The maximum atomic E-state index is 6.24. The highest BCUT2D eigenvalue weighted by molar-refractivity contribution is 6.33. The van der Waals surface area contributed by atoms with Gasteiger partial charge < -0.3 is 9.73 Å². The first kappa shape index (κ1) is 21.1. The van der Waals surface area contributed by atoms with Gasteiger partial charge in [0, 0.05) is 6.04 Å². The number of hydrogen-bond acceptors (Lipinski definition) is 4. The molecule has 1 atom stereocenters. The topological polar surface area (TPSA) is 51.0 Å². The van der Waals surface area contributed by atoms with E-state index in [2.05, 4.69) is 53.6 Å². The maximum absolute atomic E-state index is 6.24. The van der Waals surface area contributed by atoms with E-state index in [1.54, 1.807) is 0 Å². The van der Waals surface area contributed by atoms with Crippen LogP contribution in [0.1, 0.15) is 74.9 Å². The molecule has 5 heteroatoms. The Labute approximate surface area is 184 Å². The lowest BCUT2D eigenvalue weighted by atomic mass is 9.83. The second-order valence-corrected chi connectivity index (χ2v) is 8.99. The van der Waals surface area contributed by atoms with E-state index in [0.717, 1.165) is 11.5 Å². The molecule has 1 heterocycles. The van der Waals surface area contributed by atoms with E-state index in [0.29, 0.717) is 29.3 Å². The normalized spacial score (nSPS) is 16.1.